The first kappa shape index (κ1) is 15.9. The second-order valence-electron chi connectivity index (χ2n) is 6.31. The summed E-state index contributed by atoms with van der Waals surface area (Å²) in [5.41, 5.74) is 0.589. The van der Waals surface area contributed by atoms with Gasteiger partial charge in [0.25, 0.3) is 0 Å². The van der Waals surface area contributed by atoms with E-state index in [1.54, 1.807) is 12.1 Å². The van der Waals surface area contributed by atoms with E-state index in [9.17, 15) is 14.0 Å². The lowest BCUT2D eigenvalue weighted by Crippen LogP contribution is -2.54. The number of piperazine rings is 1. The molecule has 1 aromatic carbocycles. The van der Waals surface area contributed by atoms with Gasteiger partial charge in [-0.3, -0.25) is 14.5 Å². The maximum Gasteiger partial charge on any atom is 0.241 e. The molecule has 2 fully saturated rings. The summed E-state index contributed by atoms with van der Waals surface area (Å²) in [7, 11) is 0. The maximum atomic E-state index is 12.9. The quantitative estimate of drug-likeness (QED) is 0.919. The van der Waals surface area contributed by atoms with Gasteiger partial charge in [0.1, 0.15) is 5.82 Å². The lowest BCUT2D eigenvalue weighted by atomic mass is 10.2. The number of hydrogen-bond acceptors (Lipinski definition) is 3. The van der Waals surface area contributed by atoms with E-state index >= 15 is 0 Å². The number of nitrogens with one attached hydrogen (secondary N) is 1. The van der Waals surface area contributed by atoms with E-state index in [0.717, 1.165) is 12.8 Å². The minimum absolute atomic E-state index is 0.112. The number of carbonyl (C=O) groups excluding carboxylic acids is 2. The molecule has 0 radical (unpaired) electrons. The highest BCUT2D eigenvalue weighted by atomic mass is 19.1. The first-order chi connectivity index (χ1) is 11.0. The van der Waals surface area contributed by atoms with E-state index in [1.807, 2.05) is 11.8 Å². The van der Waals surface area contributed by atoms with Gasteiger partial charge in [0.15, 0.2) is 0 Å². The van der Waals surface area contributed by atoms with Gasteiger partial charge in [-0.15, -0.1) is 0 Å². The van der Waals surface area contributed by atoms with Crippen molar-refractivity contribution in [3.8, 4) is 0 Å². The number of hydrogen-bond donors (Lipinski definition) is 1. The minimum Gasteiger partial charge on any atom is -0.340 e. The van der Waals surface area contributed by atoms with Crippen LogP contribution in [0.4, 0.5) is 10.1 Å². The smallest absolute Gasteiger partial charge is 0.241 e. The van der Waals surface area contributed by atoms with Crippen molar-refractivity contribution in [2.75, 3.05) is 31.5 Å². The summed E-state index contributed by atoms with van der Waals surface area (Å²) in [6.07, 6.45) is 2.05. The van der Waals surface area contributed by atoms with Gasteiger partial charge in [0.2, 0.25) is 11.8 Å². The predicted octanol–water partition coefficient (Wildman–Crippen LogP) is 1.71. The summed E-state index contributed by atoms with van der Waals surface area (Å²) >= 11 is 0. The van der Waals surface area contributed by atoms with Crippen LogP contribution >= 0.6 is 0 Å². The maximum absolute atomic E-state index is 12.9. The number of nitrogens with zero attached hydrogens (tertiary/aromatic N) is 2. The predicted molar refractivity (Wildman–Crippen MR) is 85.4 cm³/mol. The summed E-state index contributed by atoms with van der Waals surface area (Å²) in [5, 5.41) is 2.80. The summed E-state index contributed by atoms with van der Waals surface area (Å²) in [5.74, 6) is 0.0832. The van der Waals surface area contributed by atoms with Crippen LogP contribution in [0.15, 0.2) is 24.3 Å². The molecule has 1 atom stereocenters. The van der Waals surface area contributed by atoms with Crippen LogP contribution in [0.5, 0.6) is 0 Å². The van der Waals surface area contributed by atoms with Gasteiger partial charge in [0.05, 0.1) is 6.04 Å². The lowest BCUT2D eigenvalue weighted by molar-refractivity contribution is -0.135. The molecule has 0 bridgehead atoms. The van der Waals surface area contributed by atoms with Crippen molar-refractivity contribution in [3.05, 3.63) is 30.1 Å². The monoisotopic (exact) mass is 319 g/mol. The topological polar surface area (TPSA) is 52.7 Å². The van der Waals surface area contributed by atoms with Crippen molar-refractivity contribution >= 4 is 17.5 Å². The molecule has 2 aliphatic rings. The molecule has 1 aromatic rings. The van der Waals surface area contributed by atoms with Gasteiger partial charge in [0, 0.05) is 37.8 Å². The molecule has 1 aliphatic heterocycles. The van der Waals surface area contributed by atoms with Crippen molar-refractivity contribution < 1.29 is 14.0 Å². The summed E-state index contributed by atoms with van der Waals surface area (Å²) in [6.45, 7) is 4.64. The third kappa shape index (κ3) is 3.88. The zero-order valence-electron chi connectivity index (χ0n) is 13.3. The molecule has 0 spiro atoms. The molecule has 1 aliphatic carbocycles. The average Bonchev–Trinajstić information content (AvgIpc) is 3.41. The fourth-order valence-electron chi connectivity index (χ4n) is 2.86. The van der Waals surface area contributed by atoms with E-state index < -0.39 is 0 Å². The van der Waals surface area contributed by atoms with Gasteiger partial charge in [-0.2, -0.15) is 0 Å². The van der Waals surface area contributed by atoms with E-state index in [4.69, 9.17) is 0 Å². The van der Waals surface area contributed by atoms with Crippen LogP contribution in [0.25, 0.3) is 0 Å². The van der Waals surface area contributed by atoms with Crippen molar-refractivity contribution in [3.63, 3.8) is 0 Å². The van der Waals surface area contributed by atoms with E-state index in [1.165, 1.54) is 12.1 Å². The van der Waals surface area contributed by atoms with Crippen LogP contribution in [0, 0.1) is 11.7 Å². The molecule has 3 rings (SSSR count). The van der Waals surface area contributed by atoms with Gasteiger partial charge in [-0.1, -0.05) is 0 Å². The molecule has 1 unspecified atom stereocenters. The number of halogens is 1. The largest absolute Gasteiger partial charge is 0.340 e. The Morgan fingerprint density at radius 3 is 2.30 bits per heavy atom. The molecule has 1 heterocycles. The Kier molecular flexibility index (Phi) is 4.61. The van der Waals surface area contributed by atoms with Crippen LogP contribution < -0.4 is 5.32 Å². The van der Waals surface area contributed by atoms with Crippen LogP contribution in [0.3, 0.4) is 0 Å². The Labute approximate surface area is 135 Å². The average molecular weight is 319 g/mol. The van der Waals surface area contributed by atoms with Crippen molar-refractivity contribution in [1.29, 1.82) is 0 Å². The lowest BCUT2D eigenvalue weighted by Gasteiger charge is -2.37. The van der Waals surface area contributed by atoms with Crippen molar-refractivity contribution in [1.82, 2.24) is 9.80 Å². The molecule has 1 saturated heterocycles. The van der Waals surface area contributed by atoms with Gasteiger partial charge < -0.3 is 10.2 Å². The van der Waals surface area contributed by atoms with E-state index in [2.05, 4.69) is 10.2 Å². The van der Waals surface area contributed by atoms with E-state index in [0.29, 0.717) is 31.9 Å². The SMILES string of the molecule is CC(C(=O)Nc1ccc(F)cc1)N1CCN(C(=O)C2CC2)CC1. The Hall–Kier alpha value is -1.95. The number of amides is 2. The van der Waals surface area contributed by atoms with Crippen LogP contribution in [-0.4, -0.2) is 53.8 Å². The minimum atomic E-state index is -0.326. The standard InChI is InChI=1S/C17H22FN3O2/c1-12(16(22)19-15-6-4-14(18)5-7-15)20-8-10-21(11-9-20)17(23)13-2-3-13/h4-7,12-13H,2-3,8-11H2,1H3,(H,19,22). The van der Waals surface area contributed by atoms with Crippen molar-refractivity contribution in [2.24, 2.45) is 5.92 Å². The van der Waals surface area contributed by atoms with Gasteiger partial charge in [-0.05, 0) is 44.0 Å². The number of carbonyl (C=O) groups is 2. The first-order valence-corrected chi connectivity index (χ1v) is 8.14. The molecule has 2 amide bonds. The summed E-state index contributed by atoms with van der Waals surface area (Å²) in [6, 6.07) is 5.46. The molecule has 0 aromatic heterocycles. The normalized spacial score (nSPS) is 20.2. The summed E-state index contributed by atoms with van der Waals surface area (Å²) in [4.78, 5) is 28.3. The highest BCUT2D eigenvalue weighted by Crippen LogP contribution is 2.31. The molecule has 1 N–H and O–H groups in total. The highest BCUT2D eigenvalue weighted by Gasteiger charge is 2.35. The zero-order chi connectivity index (χ0) is 16.4. The Morgan fingerprint density at radius 1 is 1.13 bits per heavy atom. The van der Waals surface area contributed by atoms with Crippen LogP contribution in [-0.2, 0) is 9.59 Å². The molecule has 23 heavy (non-hydrogen) atoms. The highest BCUT2D eigenvalue weighted by molar-refractivity contribution is 5.94. The van der Waals surface area contributed by atoms with Crippen LogP contribution in [0.2, 0.25) is 0 Å². The third-order valence-corrected chi connectivity index (χ3v) is 4.59. The molecule has 5 nitrogen and oxygen atoms in total. The molecule has 6 heteroatoms. The first-order valence-electron chi connectivity index (χ1n) is 8.14. The Balaban J connectivity index is 1.50. The van der Waals surface area contributed by atoms with Gasteiger partial charge >= 0.3 is 0 Å². The second-order valence-corrected chi connectivity index (χ2v) is 6.31. The second kappa shape index (κ2) is 6.66. The summed E-state index contributed by atoms with van der Waals surface area (Å²) < 4.78 is 12.9. The number of benzene rings is 1. The molecule has 1 saturated carbocycles. The van der Waals surface area contributed by atoms with Crippen molar-refractivity contribution in [2.45, 2.75) is 25.8 Å². The molecular formula is C17H22FN3O2. The molecular weight excluding hydrogens is 297 g/mol. The number of rotatable bonds is 4. The Bertz CT molecular complexity index is 578. The molecule has 124 valence electrons. The fourth-order valence-corrected chi connectivity index (χ4v) is 2.86. The van der Waals surface area contributed by atoms with E-state index in [-0.39, 0.29) is 29.6 Å². The Morgan fingerprint density at radius 2 is 1.74 bits per heavy atom. The fraction of sp³-hybridized carbons (Fsp3) is 0.529. The zero-order valence-corrected chi connectivity index (χ0v) is 13.3. The van der Waals surface area contributed by atoms with Gasteiger partial charge in [-0.25, -0.2) is 4.39 Å². The third-order valence-electron chi connectivity index (χ3n) is 4.59. The number of anilines is 1. The van der Waals surface area contributed by atoms with Crippen LogP contribution in [0.1, 0.15) is 19.8 Å².